The molecule has 9 rings (SSSR count). The summed E-state index contributed by atoms with van der Waals surface area (Å²) in [6.45, 7) is 7.31. The number of hydrogen-bond acceptors (Lipinski definition) is 8. The molecule has 274 valence electrons. The molecule has 0 aliphatic heterocycles. The van der Waals surface area contributed by atoms with Crippen molar-refractivity contribution in [1.82, 2.24) is 38.8 Å². The molecule has 0 amide bonds. The van der Waals surface area contributed by atoms with Crippen LogP contribution < -0.4 is 4.57 Å². The van der Waals surface area contributed by atoms with Gasteiger partial charge in [0.1, 0.15) is 22.9 Å². The van der Waals surface area contributed by atoms with Crippen LogP contribution in [0.2, 0.25) is 0 Å². The van der Waals surface area contributed by atoms with E-state index in [2.05, 4.69) is 28.2 Å². The molecule has 56 heavy (non-hydrogen) atoms. The van der Waals surface area contributed by atoms with Gasteiger partial charge < -0.3 is 10.2 Å². The van der Waals surface area contributed by atoms with Crippen molar-refractivity contribution in [1.29, 1.82) is 5.26 Å². The molecule has 0 aromatic carbocycles. The highest BCUT2D eigenvalue weighted by Crippen LogP contribution is 2.34. The molecule has 0 radical (unpaired) electrons. The minimum absolute atomic E-state index is 0.120. The maximum atomic E-state index is 12.1. The molecule has 0 fully saturated rings. The van der Waals surface area contributed by atoms with Crippen molar-refractivity contribution >= 4 is 16.6 Å². The van der Waals surface area contributed by atoms with E-state index in [1.54, 1.807) is 50.1 Å². The lowest BCUT2D eigenvalue weighted by Gasteiger charge is -2.22. The Morgan fingerprint density at radius 1 is 0.714 bits per heavy atom. The van der Waals surface area contributed by atoms with Gasteiger partial charge in [-0.1, -0.05) is 12.1 Å². The van der Waals surface area contributed by atoms with E-state index in [0.717, 1.165) is 50.4 Å². The number of pyridine rings is 6. The molecule has 2 N–H and O–H groups in total. The third-order valence-corrected chi connectivity index (χ3v) is 10.3. The third kappa shape index (κ3) is 5.96. The van der Waals surface area contributed by atoms with Gasteiger partial charge in [0.05, 0.1) is 44.8 Å². The summed E-state index contributed by atoms with van der Waals surface area (Å²) in [5.74, 6) is 0. The van der Waals surface area contributed by atoms with Gasteiger partial charge in [-0.05, 0) is 94.4 Å². The number of aromatic nitrogens is 9. The molecule has 0 aliphatic rings. The van der Waals surface area contributed by atoms with Gasteiger partial charge in [0.2, 0.25) is 0 Å². The number of aliphatic hydroxyl groups is 2. The Morgan fingerprint density at radius 3 is 2.30 bits per heavy atom. The zero-order valence-corrected chi connectivity index (χ0v) is 31.2. The fraction of sp³-hybridized carbons (Fsp3) is 0.159. The average Bonchev–Trinajstić information content (AvgIpc) is 3.91. The van der Waals surface area contributed by atoms with Crippen molar-refractivity contribution in [2.45, 2.75) is 45.4 Å². The monoisotopic (exact) mass is 737 g/mol. The van der Waals surface area contributed by atoms with Gasteiger partial charge in [-0.15, -0.1) is 0 Å². The molecular weight excluding hydrogens is 701 g/mol. The number of aryl methyl sites for hydroxylation is 1. The second-order valence-electron chi connectivity index (χ2n) is 14.9. The Balaban J connectivity index is 1.09. The first-order chi connectivity index (χ1) is 27.0. The number of nitriles is 1. The molecule has 0 aliphatic carbocycles. The highest BCUT2D eigenvalue weighted by molar-refractivity contribution is 5.84. The lowest BCUT2D eigenvalue weighted by molar-refractivity contribution is -0.711. The summed E-state index contributed by atoms with van der Waals surface area (Å²) < 4.78 is 7.33. The summed E-state index contributed by atoms with van der Waals surface area (Å²) in [5.41, 5.74) is 8.82. The molecule has 0 bridgehead atoms. The second kappa shape index (κ2) is 13.1. The number of fused-ring (bicyclic) bond motifs is 3. The van der Waals surface area contributed by atoms with Crippen LogP contribution >= 0.6 is 0 Å². The fourth-order valence-electron chi connectivity index (χ4n) is 7.37. The minimum atomic E-state index is -1.40. The van der Waals surface area contributed by atoms with Gasteiger partial charge in [-0.25, -0.2) is 18.1 Å². The smallest absolute Gasteiger partial charge is 0.180 e. The Morgan fingerprint density at radius 2 is 1.50 bits per heavy atom. The predicted molar refractivity (Wildman–Crippen MR) is 211 cm³/mol. The Labute approximate surface area is 321 Å². The van der Waals surface area contributed by atoms with Gasteiger partial charge in [-0.2, -0.15) is 20.6 Å². The maximum Gasteiger partial charge on any atom is 0.180 e. The summed E-state index contributed by atoms with van der Waals surface area (Å²) >= 11 is 0. The molecule has 9 aromatic rings. The number of hydrogen-bond donors (Lipinski definition) is 2. The van der Waals surface area contributed by atoms with E-state index in [1.165, 1.54) is 0 Å². The van der Waals surface area contributed by atoms with Crippen molar-refractivity contribution < 1.29 is 14.8 Å². The molecule has 12 nitrogen and oxygen atoms in total. The number of rotatable bonds is 8. The fourth-order valence-corrected chi connectivity index (χ4v) is 7.37. The lowest BCUT2D eigenvalue weighted by atomic mass is 9.94. The summed E-state index contributed by atoms with van der Waals surface area (Å²) in [4.78, 5) is 8.85. The van der Waals surface area contributed by atoms with Gasteiger partial charge in [-0.3, -0.25) is 9.97 Å². The minimum Gasteiger partial charge on any atom is -0.386 e. The van der Waals surface area contributed by atoms with Gasteiger partial charge in [0.15, 0.2) is 18.9 Å². The molecule has 9 heterocycles. The summed E-state index contributed by atoms with van der Waals surface area (Å²) in [5, 5.41) is 48.0. The Bertz CT molecular complexity index is 3000. The molecule has 9 aromatic heterocycles. The zero-order chi connectivity index (χ0) is 38.8. The molecule has 1 unspecified atom stereocenters. The molecule has 0 spiro atoms. The van der Waals surface area contributed by atoms with E-state index in [9.17, 15) is 15.5 Å². The topological polar surface area (TPSA) is 146 Å². The summed E-state index contributed by atoms with van der Waals surface area (Å²) in [6, 6.07) is 27.8. The van der Waals surface area contributed by atoms with Crippen LogP contribution in [0.5, 0.6) is 0 Å². The second-order valence-corrected chi connectivity index (χ2v) is 14.9. The Hall–Kier alpha value is -7.07. The van der Waals surface area contributed by atoms with Crippen molar-refractivity contribution in [3.63, 3.8) is 0 Å². The average molecular weight is 738 g/mol. The van der Waals surface area contributed by atoms with E-state index in [1.807, 2.05) is 112 Å². The largest absolute Gasteiger partial charge is 0.386 e. The van der Waals surface area contributed by atoms with Crippen LogP contribution in [0.25, 0.3) is 61.6 Å². The first-order valence-electron chi connectivity index (χ1n) is 18.2. The van der Waals surface area contributed by atoms with Crippen LogP contribution in [0.1, 0.15) is 43.0 Å². The quantitative estimate of drug-likeness (QED) is 0.164. The van der Waals surface area contributed by atoms with E-state index in [0.29, 0.717) is 33.5 Å². The van der Waals surface area contributed by atoms with E-state index in [4.69, 9.17) is 15.3 Å². The van der Waals surface area contributed by atoms with Crippen LogP contribution in [0.3, 0.4) is 0 Å². The summed E-state index contributed by atoms with van der Waals surface area (Å²) in [7, 11) is 0. The van der Waals surface area contributed by atoms with E-state index < -0.39 is 11.2 Å². The normalized spacial score (nSPS) is 13.0. The third-order valence-electron chi connectivity index (χ3n) is 10.3. The molecule has 12 heteroatoms. The lowest BCUT2D eigenvalue weighted by Crippen LogP contribution is -2.45. The van der Waals surface area contributed by atoms with Crippen molar-refractivity contribution in [3.8, 4) is 51.1 Å². The zero-order valence-electron chi connectivity index (χ0n) is 31.2. The molecule has 0 saturated carbocycles. The van der Waals surface area contributed by atoms with Crippen molar-refractivity contribution in [3.05, 3.63) is 151 Å². The van der Waals surface area contributed by atoms with E-state index in [-0.39, 0.29) is 6.54 Å². The standard InChI is InChI=1S/C44H37N10O2/c1-28-37-13-7-14-39(34-11-9-17-53-40(34)20-36(48-53)29-10-8-15-46-22-29)54(37)50-41(28)30-18-32(24-47-23-30)44(4,56)27-51-25-31(19-33(26-51)43(2,3)55)42-35(21-45)38-12-5-6-16-52(38)49-42/h5-20,22-26,55-56H,27H2,1-4H3/q+1. The summed E-state index contributed by atoms with van der Waals surface area (Å²) in [6.07, 6.45) is 14.4. The highest BCUT2D eigenvalue weighted by atomic mass is 16.3. The molecule has 1 atom stereocenters. The van der Waals surface area contributed by atoms with Crippen LogP contribution in [-0.2, 0) is 17.7 Å². The highest BCUT2D eigenvalue weighted by Gasteiger charge is 2.32. The first-order valence-corrected chi connectivity index (χ1v) is 18.2. The van der Waals surface area contributed by atoms with Crippen molar-refractivity contribution in [2.24, 2.45) is 0 Å². The van der Waals surface area contributed by atoms with E-state index >= 15 is 0 Å². The van der Waals surface area contributed by atoms with Crippen LogP contribution in [0, 0.1) is 18.3 Å². The first kappa shape index (κ1) is 34.7. The van der Waals surface area contributed by atoms with Crippen LogP contribution in [0.15, 0.2) is 128 Å². The van der Waals surface area contributed by atoms with Crippen molar-refractivity contribution in [2.75, 3.05) is 0 Å². The SMILES string of the molecule is Cc1c(-c2cncc(C(C)(O)C[n+]3cc(-c4nn5ccccc5c4C#N)cc(C(C)(C)O)c3)c2)nn2c(-c3cccn4nc(-c5cccnc5)cc34)cccc12. The maximum absolute atomic E-state index is 12.1. The molecule has 0 saturated heterocycles. The van der Waals surface area contributed by atoms with Gasteiger partial charge in [0.25, 0.3) is 0 Å². The number of nitrogens with zero attached hydrogens (tertiary/aromatic N) is 10. The van der Waals surface area contributed by atoms with Crippen LogP contribution in [0.4, 0.5) is 0 Å². The van der Waals surface area contributed by atoms with Crippen LogP contribution in [-0.4, -0.2) is 49.0 Å². The molecular formula is C44H37N10O2+. The predicted octanol–water partition coefficient (Wildman–Crippen LogP) is 6.69. The Kier molecular flexibility index (Phi) is 8.08. The van der Waals surface area contributed by atoms with Gasteiger partial charge in [0, 0.05) is 70.6 Å². The van der Waals surface area contributed by atoms with Gasteiger partial charge >= 0.3 is 0 Å².